The van der Waals surface area contributed by atoms with Crippen LogP contribution in [0.4, 0.5) is 0 Å². The summed E-state index contributed by atoms with van der Waals surface area (Å²) in [6.45, 7) is 0. The molecule has 0 heterocycles. The molecule has 0 spiro atoms. The fourth-order valence-electron chi connectivity index (χ4n) is 2.18. The van der Waals surface area contributed by atoms with E-state index in [-0.39, 0.29) is 11.3 Å². The summed E-state index contributed by atoms with van der Waals surface area (Å²) in [7, 11) is 0. The average molecular weight is 335 g/mol. The van der Waals surface area contributed by atoms with Crippen LogP contribution in [0.15, 0.2) is 46.9 Å². The fraction of sp³-hybridized carbons (Fsp3) is 0.188. The Morgan fingerprint density at radius 3 is 2.40 bits per heavy atom. The van der Waals surface area contributed by atoms with Gasteiger partial charge in [-0.05, 0) is 52.9 Å². The number of aromatic carboxylic acids is 1. The van der Waals surface area contributed by atoms with Gasteiger partial charge in [-0.1, -0.05) is 30.3 Å². The third-order valence-corrected chi connectivity index (χ3v) is 3.84. The van der Waals surface area contributed by atoms with Gasteiger partial charge in [0.15, 0.2) is 0 Å². The number of phenolic OH excluding ortho intramolecular Hbond substituents is 1. The number of benzene rings is 2. The van der Waals surface area contributed by atoms with Gasteiger partial charge in [0.05, 0.1) is 10.0 Å². The molecule has 4 heteroatoms. The van der Waals surface area contributed by atoms with Crippen LogP contribution in [-0.4, -0.2) is 16.2 Å². The summed E-state index contributed by atoms with van der Waals surface area (Å²) in [6, 6.07) is 13.1. The second kappa shape index (κ2) is 6.57. The monoisotopic (exact) mass is 334 g/mol. The van der Waals surface area contributed by atoms with Gasteiger partial charge in [0, 0.05) is 5.56 Å². The van der Waals surface area contributed by atoms with Gasteiger partial charge in [0.2, 0.25) is 0 Å². The number of rotatable bonds is 5. The van der Waals surface area contributed by atoms with Gasteiger partial charge in [-0.25, -0.2) is 4.79 Å². The molecule has 0 aliphatic heterocycles. The second-order valence-corrected chi connectivity index (χ2v) is 5.42. The van der Waals surface area contributed by atoms with Crippen LogP contribution in [-0.2, 0) is 12.8 Å². The smallest absolute Gasteiger partial charge is 0.336 e. The maximum Gasteiger partial charge on any atom is 0.336 e. The van der Waals surface area contributed by atoms with Gasteiger partial charge in [0.1, 0.15) is 5.75 Å². The minimum atomic E-state index is -1.01. The largest absolute Gasteiger partial charge is 0.506 e. The molecule has 20 heavy (non-hydrogen) atoms. The van der Waals surface area contributed by atoms with Gasteiger partial charge in [-0.15, -0.1) is 0 Å². The molecule has 0 radical (unpaired) electrons. The van der Waals surface area contributed by atoms with Crippen molar-refractivity contribution in [2.24, 2.45) is 0 Å². The van der Waals surface area contributed by atoms with Crippen LogP contribution in [0.25, 0.3) is 0 Å². The Morgan fingerprint density at radius 2 is 1.75 bits per heavy atom. The molecule has 2 aromatic rings. The van der Waals surface area contributed by atoms with E-state index in [1.54, 1.807) is 6.07 Å². The highest BCUT2D eigenvalue weighted by atomic mass is 79.9. The number of carboxylic acids is 1. The first kappa shape index (κ1) is 14.6. The molecule has 0 unspecified atom stereocenters. The Bertz CT molecular complexity index is 609. The summed E-state index contributed by atoms with van der Waals surface area (Å²) in [5.74, 6) is -0.986. The predicted octanol–water partition coefficient (Wildman–Crippen LogP) is 4.03. The van der Waals surface area contributed by atoms with Gasteiger partial charge >= 0.3 is 5.97 Å². The van der Waals surface area contributed by atoms with E-state index in [1.807, 2.05) is 30.3 Å². The lowest BCUT2D eigenvalue weighted by atomic mass is 9.99. The predicted molar refractivity (Wildman–Crippen MR) is 81.2 cm³/mol. The van der Waals surface area contributed by atoms with E-state index < -0.39 is 5.97 Å². The number of hydrogen-bond acceptors (Lipinski definition) is 2. The number of halogens is 1. The second-order valence-electron chi connectivity index (χ2n) is 4.57. The van der Waals surface area contributed by atoms with Crippen molar-refractivity contribution in [2.75, 3.05) is 0 Å². The molecule has 0 bridgehead atoms. The topological polar surface area (TPSA) is 57.5 Å². The van der Waals surface area contributed by atoms with Gasteiger partial charge < -0.3 is 10.2 Å². The lowest BCUT2D eigenvalue weighted by molar-refractivity contribution is 0.0695. The van der Waals surface area contributed by atoms with Crippen molar-refractivity contribution in [3.63, 3.8) is 0 Å². The molecule has 2 N–H and O–H groups in total. The first-order chi connectivity index (χ1) is 9.59. The van der Waals surface area contributed by atoms with Crippen LogP contribution in [0.3, 0.4) is 0 Å². The summed E-state index contributed by atoms with van der Waals surface area (Å²) in [4.78, 5) is 11.2. The van der Waals surface area contributed by atoms with Crippen molar-refractivity contribution in [2.45, 2.75) is 19.3 Å². The van der Waals surface area contributed by atoms with Crippen LogP contribution in [0.1, 0.15) is 27.9 Å². The molecular weight excluding hydrogens is 320 g/mol. The molecule has 0 saturated heterocycles. The molecular formula is C16H15BrO3. The van der Waals surface area contributed by atoms with Crippen molar-refractivity contribution < 1.29 is 15.0 Å². The van der Waals surface area contributed by atoms with E-state index in [4.69, 9.17) is 0 Å². The molecule has 0 fully saturated rings. The number of carboxylic acid groups (broad SMARTS) is 1. The zero-order valence-corrected chi connectivity index (χ0v) is 12.4. The van der Waals surface area contributed by atoms with E-state index in [0.29, 0.717) is 16.5 Å². The van der Waals surface area contributed by atoms with Crippen LogP contribution in [0, 0.1) is 0 Å². The summed E-state index contributed by atoms with van der Waals surface area (Å²) < 4.78 is 0.525. The maximum absolute atomic E-state index is 11.2. The molecule has 0 aromatic heterocycles. The zero-order chi connectivity index (χ0) is 14.5. The molecule has 0 saturated carbocycles. The average Bonchev–Trinajstić information content (AvgIpc) is 2.44. The summed E-state index contributed by atoms with van der Waals surface area (Å²) in [6.07, 6.45) is 2.17. The minimum absolute atomic E-state index is 0.0259. The molecule has 0 aliphatic rings. The number of hydrogen-bond donors (Lipinski definition) is 2. The number of carbonyl (C=O) groups is 1. The molecule has 0 amide bonds. The van der Waals surface area contributed by atoms with Gasteiger partial charge in [-0.2, -0.15) is 0 Å². The first-order valence-electron chi connectivity index (χ1n) is 6.37. The highest BCUT2D eigenvalue weighted by molar-refractivity contribution is 9.10. The summed E-state index contributed by atoms with van der Waals surface area (Å²) in [5, 5.41) is 19.2. The Morgan fingerprint density at radius 1 is 1.05 bits per heavy atom. The Labute approximate surface area is 126 Å². The highest BCUT2D eigenvalue weighted by Crippen LogP contribution is 2.31. The number of phenols is 1. The van der Waals surface area contributed by atoms with E-state index in [9.17, 15) is 15.0 Å². The minimum Gasteiger partial charge on any atom is -0.506 e. The molecule has 2 aromatic carbocycles. The zero-order valence-electron chi connectivity index (χ0n) is 10.8. The number of aromatic hydroxyl groups is 1. The van der Waals surface area contributed by atoms with Gasteiger partial charge in [-0.3, -0.25) is 0 Å². The van der Waals surface area contributed by atoms with Crippen LogP contribution in [0.2, 0.25) is 0 Å². The standard InChI is InChI=1S/C16H15BrO3/c17-14-10-9-13(16(19)20)12(15(14)18)8-4-7-11-5-2-1-3-6-11/h1-3,5-6,9-10,18H,4,7-8H2,(H,19,20). The molecule has 2 rings (SSSR count). The van der Waals surface area contributed by atoms with Crippen molar-refractivity contribution in [1.29, 1.82) is 0 Å². The normalized spacial score (nSPS) is 10.4. The van der Waals surface area contributed by atoms with E-state index >= 15 is 0 Å². The number of aryl methyl sites for hydroxylation is 1. The van der Waals surface area contributed by atoms with Crippen molar-refractivity contribution in [3.8, 4) is 5.75 Å². The lowest BCUT2D eigenvalue weighted by Gasteiger charge is -2.10. The van der Waals surface area contributed by atoms with Crippen LogP contribution in [0.5, 0.6) is 5.75 Å². The summed E-state index contributed by atoms with van der Waals surface area (Å²) in [5.41, 5.74) is 1.86. The van der Waals surface area contributed by atoms with E-state index in [0.717, 1.165) is 12.8 Å². The van der Waals surface area contributed by atoms with Crippen LogP contribution < -0.4 is 0 Å². The van der Waals surface area contributed by atoms with Gasteiger partial charge in [0.25, 0.3) is 0 Å². The quantitative estimate of drug-likeness (QED) is 0.867. The van der Waals surface area contributed by atoms with Crippen molar-refractivity contribution in [3.05, 3.63) is 63.6 Å². The third kappa shape index (κ3) is 3.39. The highest BCUT2D eigenvalue weighted by Gasteiger charge is 2.15. The SMILES string of the molecule is O=C(O)c1ccc(Br)c(O)c1CCCc1ccccc1. The molecule has 0 aliphatic carbocycles. The van der Waals surface area contributed by atoms with Crippen molar-refractivity contribution >= 4 is 21.9 Å². The third-order valence-electron chi connectivity index (χ3n) is 3.20. The first-order valence-corrected chi connectivity index (χ1v) is 7.16. The lowest BCUT2D eigenvalue weighted by Crippen LogP contribution is -2.04. The Hall–Kier alpha value is -1.81. The summed E-state index contributed by atoms with van der Waals surface area (Å²) >= 11 is 3.22. The fourth-order valence-corrected chi connectivity index (χ4v) is 2.55. The van der Waals surface area contributed by atoms with E-state index in [1.165, 1.54) is 11.6 Å². The van der Waals surface area contributed by atoms with Crippen LogP contribution >= 0.6 is 15.9 Å². The van der Waals surface area contributed by atoms with Crippen molar-refractivity contribution in [1.82, 2.24) is 0 Å². The maximum atomic E-state index is 11.2. The Kier molecular flexibility index (Phi) is 4.79. The van der Waals surface area contributed by atoms with E-state index in [2.05, 4.69) is 15.9 Å². The Balaban J connectivity index is 2.12. The molecule has 104 valence electrons. The molecule has 0 atom stereocenters. The molecule has 3 nitrogen and oxygen atoms in total.